The molecule has 124 valence electrons. The van der Waals surface area contributed by atoms with Crippen molar-refractivity contribution in [2.75, 3.05) is 0 Å². The summed E-state index contributed by atoms with van der Waals surface area (Å²) in [6, 6.07) is 23.9. The summed E-state index contributed by atoms with van der Waals surface area (Å²) in [6.07, 6.45) is 3.13. The molecule has 0 atom stereocenters. The molecule has 25 heavy (non-hydrogen) atoms. The Morgan fingerprint density at radius 1 is 0.840 bits per heavy atom. The minimum absolute atomic E-state index is 0.246. The van der Waals surface area contributed by atoms with Crippen molar-refractivity contribution in [3.05, 3.63) is 90.5 Å². The molecule has 0 bridgehead atoms. The average molecular weight is 348 g/mol. The van der Waals surface area contributed by atoms with Crippen molar-refractivity contribution in [2.24, 2.45) is 0 Å². The second kappa shape index (κ2) is 8.22. The van der Waals surface area contributed by atoms with E-state index >= 15 is 0 Å². The lowest BCUT2D eigenvalue weighted by molar-refractivity contribution is -0.128. The predicted octanol–water partition coefficient (Wildman–Crippen LogP) is 5.16. The van der Waals surface area contributed by atoms with Crippen LogP contribution in [0.15, 0.2) is 94.7 Å². The number of carbonyl (C=O) groups excluding carboxylic acids is 1. The van der Waals surface area contributed by atoms with Crippen LogP contribution in [0.4, 0.5) is 0 Å². The second-order valence-electron chi connectivity index (χ2n) is 5.23. The van der Waals surface area contributed by atoms with Crippen molar-refractivity contribution >= 4 is 23.8 Å². The second-order valence-corrected chi connectivity index (χ2v) is 6.38. The van der Waals surface area contributed by atoms with Crippen molar-refractivity contribution in [2.45, 2.75) is 9.79 Å². The van der Waals surface area contributed by atoms with E-state index in [-0.39, 0.29) is 5.75 Å². The van der Waals surface area contributed by atoms with Crippen LogP contribution in [-0.2, 0) is 4.79 Å². The maximum Gasteiger partial charge on any atom is 0.336 e. The van der Waals surface area contributed by atoms with Crippen LogP contribution in [0.2, 0.25) is 0 Å². The third kappa shape index (κ3) is 5.26. The molecule has 0 saturated heterocycles. The summed E-state index contributed by atoms with van der Waals surface area (Å²) < 4.78 is 5.29. The van der Waals surface area contributed by atoms with E-state index in [0.29, 0.717) is 5.75 Å². The monoisotopic (exact) mass is 348 g/mol. The van der Waals surface area contributed by atoms with Crippen molar-refractivity contribution in [3.8, 4) is 11.5 Å². The molecule has 0 fully saturated rings. The average Bonchev–Trinajstić information content (AvgIpc) is 2.64. The van der Waals surface area contributed by atoms with Gasteiger partial charge in [0, 0.05) is 15.9 Å². The number of carbonyl (C=O) groups is 1. The van der Waals surface area contributed by atoms with Gasteiger partial charge in [-0.15, -0.1) is 0 Å². The van der Waals surface area contributed by atoms with E-state index in [1.54, 1.807) is 42.1 Å². The van der Waals surface area contributed by atoms with Crippen molar-refractivity contribution < 1.29 is 14.6 Å². The molecule has 4 heteroatoms. The molecule has 0 heterocycles. The highest BCUT2D eigenvalue weighted by molar-refractivity contribution is 7.99. The molecule has 0 saturated carbocycles. The highest BCUT2D eigenvalue weighted by Gasteiger charge is 2.02. The van der Waals surface area contributed by atoms with Crippen LogP contribution in [0.3, 0.4) is 0 Å². The Hall–Kier alpha value is -2.98. The summed E-state index contributed by atoms with van der Waals surface area (Å²) in [5.41, 5.74) is 0.945. The maximum absolute atomic E-state index is 11.9. The number of hydrogen-bond acceptors (Lipinski definition) is 4. The highest BCUT2D eigenvalue weighted by Crippen LogP contribution is 2.30. The summed E-state index contributed by atoms with van der Waals surface area (Å²) in [6.45, 7) is 0. The Bertz CT molecular complexity index is 854. The van der Waals surface area contributed by atoms with E-state index in [0.717, 1.165) is 15.4 Å². The Balaban J connectivity index is 1.57. The Morgan fingerprint density at radius 3 is 2.08 bits per heavy atom. The largest absolute Gasteiger partial charge is 0.508 e. The predicted molar refractivity (Wildman–Crippen MR) is 99.8 cm³/mol. The lowest BCUT2D eigenvalue weighted by atomic mass is 10.2. The Kier molecular flexibility index (Phi) is 5.54. The summed E-state index contributed by atoms with van der Waals surface area (Å²) in [7, 11) is 0. The first-order valence-corrected chi connectivity index (χ1v) is 8.52. The van der Waals surface area contributed by atoms with E-state index in [4.69, 9.17) is 4.74 Å². The zero-order valence-corrected chi connectivity index (χ0v) is 14.1. The van der Waals surface area contributed by atoms with Gasteiger partial charge in [0.15, 0.2) is 0 Å². The summed E-state index contributed by atoms with van der Waals surface area (Å²) in [5.74, 6) is 0.329. The zero-order valence-electron chi connectivity index (χ0n) is 13.3. The fraction of sp³-hybridized carbons (Fsp3) is 0. The van der Waals surface area contributed by atoms with Gasteiger partial charge in [-0.05, 0) is 60.2 Å². The third-order valence-corrected chi connectivity index (χ3v) is 4.34. The lowest BCUT2D eigenvalue weighted by Crippen LogP contribution is -2.03. The number of benzene rings is 3. The number of rotatable bonds is 5. The summed E-state index contributed by atoms with van der Waals surface area (Å²) >= 11 is 1.57. The molecular weight excluding hydrogens is 332 g/mol. The topological polar surface area (TPSA) is 46.5 Å². The van der Waals surface area contributed by atoms with E-state index < -0.39 is 5.97 Å². The number of phenols is 1. The molecule has 3 rings (SSSR count). The fourth-order valence-corrected chi connectivity index (χ4v) is 2.92. The van der Waals surface area contributed by atoms with Gasteiger partial charge < -0.3 is 9.84 Å². The molecule has 0 aromatic heterocycles. The molecule has 0 unspecified atom stereocenters. The minimum Gasteiger partial charge on any atom is -0.508 e. The van der Waals surface area contributed by atoms with Crippen LogP contribution in [-0.4, -0.2) is 11.1 Å². The van der Waals surface area contributed by atoms with Gasteiger partial charge in [-0.3, -0.25) is 0 Å². The first kappa shape index (κ1) is 16.9. The summed E-state index contributed by atoms with van der Waals surface area (Å²) in [4.78, 5) is 13.9. The first-order valence-electron chi connectivity index (χ1n) is 7.71. The molecule has 3 aromatic rings. The van der Waals surface area contributed by atoms with E-state index in [9.17, 15) is 9.90 Å². The summed E-state index contributed by atoms with van der Waals surface area (Å²) in [5, 5.41) is 9.30. The molecule has 0 spiro atoms. The Labute approximate surface area is 150 Å². The molecule has 0 aliphatic heterocycles. The van der Waals surface area contributed by atoms with Gasteiger partial charge in [-0.25, -0.2) is 4.79 Å². The Morgan fingerprint density at radius 2 is 1.44 bits per heavy atom. The minimum atomic E-state index is -0.414. The maximum atomic E-state index is 11.9. The molecular formula is C21H16O3S. The first-order chi connectivity index (χ1) is 12.2. The molecule has 0 radical (unpaired) electrons. The number of ether oxygens (including phenoxy) is 1. The normalized spacial score (nSPS) is 10.7. The van der Waals surface area contributed by atoms with Gasteiger partial charge in [0.2, 0.25) is 0 Å². The molecule has 3 nitrogen and oxygen atoms in total. The molecule has 1 N–H and O–H groups in total. The smallest absolute Gasteiger partial charge is 0.336 e. The van der Waals surface area contributed by atoms with Gasteiger partial charge in [0.25, 0.3) is 0 Å². The molecule has 0 aliphatic rings. The van der Waals surface area contributed by atoms with Crippen molar-refractivity contribution in [1.29, 1.82) is 0 Å². The van der Waals surface area contributed by atoms with Crippen LogP contribution < -0.4 is 4.74 Å². The quantitative estimate of drug-likeness (QED) is 0.393. The van der Waals surface area contributed by atoms with Crippen LogP contribution in [0.5, 0.6) is 11.5 Å². The number of hydrogen-bond donors (Lipinski definition) is 1. The van der Waals surface area contributed by atoms with Crippen LogP contribution in [0, 0.1) is 0 Å². The van der Waals surface area contributed by atoms with Crippen molar-refractivity contribution in [3.63, 3.8) is 0 Å². The van der Waals surface area contributed by atoms with Gasteiger partial charge in [0.1, 0.15) is 11.5 Å². The van der Waals surface area contributed by atoms with Crippen molar-refractivity contribution in [1.82, 2.24) is 0 Å². The number of phenolic OH excluding ortho intramolecular Hbond substituents is 1. The highest BCUT2D eigenvalue weighted by atomic mass is 32.2. The van der Waals surface area contributed by atoms with E-state index in [2.05, 4.69) is 0 Å². The molecule has 0 aliphatic carbocycles. The van der Waals surface area contributed by atoms with Gasteiger partial charge >= 0.3 is 5.97 Å². The van der Waals surface area contributed by atoms with Gasteiger partial charge in [0.05, 0.1) is 0 Å². The molecule has 3 aromatic carbocycles. The third-order valence-electron chi connectivity index (χ3n) is 3.33. The van der Waals surface area contributed by atoms with Crippen LogP contribution >= 0.6 is 11.8 Å². The number of esters is 1. The molecule has 0 amide bonds. The van der Waals surface area contributed by atoms with Crippen LogP contribution in [0.25, 0.3) is 6.08 Å². The van der Waals surface area contributed by atoms with Crippen LogP contribution in [0.1, 0.15) is 5.56 Å². The SMILES string of the molecule is O=C(/C=C/c1ccccc1)Oc1ccc(Sc2ccc(O)cc2)cc1. The lowest BCUT2D eigenvalue weighted by Gasteiger charge is -2.04. The number of aromatic hydroxyl groups is 1. The van der Waals surface area contributed by atoms with Gasteiger partial charge in [-0.2, -0.15) is 0 Å². The zero-order chi connectivity index (χ0) is 17.5. The van der Waals surface area contributed by atoms with E-state index in [1.165, 1.54) is 6.08 Å². The van der Waals surface area contributed by atoms with Gasteiger partial charge in [-0.1, -0.05) is 42.1 Å². The van der Waals surface area contributed by atoms with E-state index in [1.807, 2.05) is 54.6 Å². The fourth-order valence-electron chi connectivity index (χ4n) is 2.10. The standard InChI is InChI=1S/C21H16O3S/c22-17-7-11-19(12-8-17)25-20-13-9-18(10-14-20)24-21(23)15-6-16-4-2-1-3-5-16/h1-15,22H/b15-6+.